The van der Waals surface area contributed by atoms with Gasteiger partial charge in [0.05, 0.1) is 42.7 Å². The zero-order valence-electron chi connectivity index (χ0n) is 19.0. The summed E-state index contributed by atoms with van der Waals surface area (Å²) in [6.45, 7) is -0.228. The van der Waals surface area contributed by atoms with Crippen LogP contribution in [-0.2, 0) is 10.0 Å². The van der Waals surface area contributed by atoms with E-state index in [0.29, 0.717) is 17.1 Å². The Balaban J connectivity index is 1.66. The lowest BCUT2D eigenvalue weighted by atomic mass is 10.2. The minimum atomic E-state index is -3.57. The van der Waals surface area contributed by atoms with E-state index in [-0.39, 0.29) is 23.9 Å². The molecule has 1 unspecified atom stereocenters. The molecule has 15 heteroatoms. The van der Waals surface area contributed by atoms with E-state index in [4.69, 9.17) is 4.74 Å². The van der Waals surface area contributed by atoms with Crippen LogP contribution in [0.15, 0.2) is 52.7 Å². The minimum Gasteiger partial charge on any atom is -0.497 e. The van der Waals surface area contributed by atoms with Crippen molar-refractivity contribution in [2.45, 2.75) is 6.17 Å². The average molecular weight is 508 g/mol. The lowest BCUT2D eigenvalue weighted by Gasteiger charge is -2.15. The maximum Gasteiger partial charge on any atom is 0.229 e. The number of tetrazole rings is 1. The second kappa shape index (κ2) is 11.3. The van der Waals surface area contributed by atoms with E-state index in [1.807, 2.05) is 0 Å². The van der Waals surface area contributed by atoms with Crippen molar-refractivity contribution in [3.63, 3.8) is 0 Å². The van der Waals surface area contributed by atoms with Gasteiger partial charge in [-0.15, -0.1) is 5.10 Å². The van der Waals surface area contributed by atoms with E-state index in [9.17, 15) is 17.2 Å². The summed E-state index contributed by atoms with van der Waals surface area (Å²) in [4.78, 5) is 7.84. The van der Waals surface area contributed by atoms with Crippen LogP contribution < -0.4 is 20.1 Å². The average Bonchev–Trinajstić information content (AvgIpc) is 3.36. The third-order valence-corrected chi connectivity index (χ3v) is 4.98. The van der Waals surface area contributed by atoms with E-state index < -0.39 is 22.0 Å². The normalized spacial score (nSPS) is 13.0. The number of alkyl halides is 1. The predicted octanol–water partition coefficient (Wildman–Crippen LogP) is 2.10. The summed E-state index contributed by atoms with van der Waals surface area (Å²) in [6.07, 6.45) is 1.75. The smallest absolute Gasteiger partial charge is 0.229 e. The molecule has 0 saturated heterocycles. The van der Waals surface area contributed by atoms with Crippen LogP contribution >= 0.6 is 0 Å². The van der Waals surface area contributed by atoms with Crippen LogP contribution in [0.5, 0.6) is 5.75 Å². The predicted molar refractivity (Wildman–Crippen MR) is 129 cm³/mol. The molecule has 1 heterocycles. The largest absolute Gasteiger partial charge is 0.497 e. The van der Waals surface area contributed by atoms with Crippen molar-refractivity contribution in [1.82, 2.24) is 20.2 Å². The summed E-state index contributed by atoms with van der Waals surface area (Å²) in [5.41, 5.74) is 1.07. The molecule has 0 spiro atoms. The van der Waals surface area contributed by atoms with E-state index in [1.165, 1.54) is 49.4 Å². The van der Waals surface area contributed by atoms with E-state index in [0.717, 1.165) is 12.5 Å². The Kier molecular flexibility index (Phi) is 8.25. The first-order chi connectivity index (χ1) is 16.7. The van der Waals surface area contributed by atoms with Gasteiger partial charge in [0, 0.05) is 19.3 Å². The maximum absolute atomic E-state index is 14.5. The molecular formula is C20H23F2N9O3S. The van der Waals surface area contributed by atoms with Gasteiger partial charge >= 0.3 is 0 Å². The summed E-state index contributed by atoms with van der Waals surface area (Å²) in [7, 11) is -0.720. The molecule has 0 amide bonds. The van der Waals surface area contributed by atoms with Crippen molar-refractivity contribution in [2.75, 3.05) is 42.3 Å². The Morgan fingerprint density at radius 2 is 2.03 bits per heavy atom. The standard InChI is InChI=1S/C20H23F2N9O3S/c1-23-20(27-18-8-14(4-6-16(18)22)31-12-26-29-30-31)25-11-13(21)10-24-17-7-5-15(34-2)9-19(17)28-35(3,32)33/h4-9,11-13,24,28H,10H2,1-3H3,(H,23,27). The van der Waals surface area contributed by atoms with Gasteiger partial charge < -0.3 is 15.4 Å². The highest BCUT2D eigenvalue weighted by Gasteiger charge is 2.12. The highest BCUT2D eigenvalue weighted by molar-refractivity contribution is 7.92. The van der Waals surface area contributed by atoms with Crippen LogP contribution in [0.4, 0.5) is 25.8 Å². The van der Waals surface area contributed by atoms with Crippen molar-refractivity contribution in [3.05, 3.63) is 48.5 Å². The van der Waals surface area contributed by atoms with Gasteiger partial charge in [0.25, 0.3) is 0 Å². The Morgan fingerprint density at radius 1 is 1.23 bits per heavy atom. The first-order valence-corrected chi connectivity index (χ1v) is 11.9. The number of anilines is 3. The molecule has 3 N–H and O–H groups in total. The number of hydrogen-bond donors (Lipinski definition) is 3. The quantitative estimate of drug-likeness (QED) is 0.295. The number of nitrogens with one attached hydrogen (secondary N) is 3. The number of nitrogens with zero attached hydrogens (tertiary/aromatic N) is 6. The van der Waals surface area contributed by atoms with Crippen molar-refractivity contribution in [2.24, 2.45) is 9.98 Å². The van der Waals surface area contributed by atoms with E-state index >= 15 is 0 Å². The van der Waals surface area contributed by atoms with Gasteiger partial charge in [0.2, 0.25) is 16.0 Å². The fourth-order valence-corrected chi connectivity index (χ4v) is 3.37. The summed E-state index contributed by atoms with van der Waals surface area (Å²) in [5, 5.41) is 16.3. The Morgan fingerprint density at radius 3 is 2.69 bits per heavy atom. The number of guanidine groups is 1. The number of ether oxygens (including phenoxy) is 1. The molecule has 0 bridgehead atoms. The summed E-state index contributed by atoms with van der Waals surface area (Å²) in [5.74, 6) is -0.197. The van der Waals surface area contributed by atoms with Gasteiger partial charge in [-0.1, -0.05) is 0 Å². The van der Waals surface area contributed by atoms with Crippen molar-refractivity contribution in [3.8, 4) is 11.4 Å². The van der Waals surface area contributed by atoms with Crippen LogP contribution in [0.2, 0.25) is 0 Å². The summed E-state index contributed by atoms with van der Waals surface area (Å²) in [6, 6.07) is 8.76. The van der Waals surface area contributed by atoms with E-state index in [2.05, 4.69) is 40.9 Å². The lowest BCUT2D eigenvalue weighted by molar-refractivity contribution is 0.415. The summed E-state index contributed by atoms with van der Waals surface area (Å²) < 4.78 is 60.8. The molecule has 3 aromatic rings. The van der Waals surface area contributed by atoms with Gasteiger partial charge in [-0.05, 0) is 40.8 Å². The van der Waals surface area contributed by atoms with Crippen molar-refractivity contribution >= 4 is 39.3 Å². The molecule has 0 aliphatic heterocycles. The number of benzene rings is 2. The third-order valence-electron chi connectivity index (χ3n) is 4.39. The fraction of sp³-hybridized carbons (Fsp3) is 0.250. The highest BCUT2D eigenvalue weighted by Crippen LogP contribution is 2.28. The molecule has 0 aliphatic rings. The number of sulfonamides is 1. The molecule has 0 aliphatic carbocycles. The topological polar surface area (TPSA) is 148 Å². The number of methoxy groups -OCH3 is 1. The van der Waals surface area contributed by atoms with Crippen LogP contribution in [0, 0.1) is 5.82 Å². The molecule has 35 heavy (non-hydrogen) atoms. The zero-order valence-corrected chi connectivity index (χ0v) is 19.8. The number of aliphatic imine (C=N–C) groups is 2. The van der Waals surface area contributed by atoms with Crippen LogP contribution in [-0.4, -0.2) is 73.9 Å². The molecule has 0 radical (unpaired) electrons. The molecule has 0 saturated carbocycles. The highest BCUT2D eigenvalue weighted by atomic mass is 32.2. The van der Waals surface area contributed by atoms with Crippen LogP contribution in [0.25, 0.3) is 5.69 Å². The van der Waals surface area contributed by atoms with Gasteiger partial charge in [-0.25, -0.2) is 26.9 Å². The fourth-order valence-electron chi connectivity index (χ4n) is 2.80. The number of rotatable bonds is 9. The Labute approximate surface area is 200 Å². The SMILES string of the molecule is CN=C(N=CC(F)CNc1ccc(OC)cc1NS(C)(=O)=O)Nc1cc(-n2cnnn2)ccc1F. The van der Waals surface area contributed by atoms with Crippen LogP contribution in [0.3, 0.4) is 0 Å². The molecule has 2 aromatic carbocycles. The molecule has 186 valence electrons. The third kappa shape index (κ3) is 7.43. The molecule has 0 fully saturated rings. The van der Waals surface area contributed by atoms with E-state index in [1.54, 1.807) is 12.1 Å². The first kappa shape index (κ1) is 25.5. The zero-order chi connectivity index (χ0) is 25.4. The maximum atomic E-state index is 14.5. The number of halogens is 2. The lowest BCUT2D eigenvalue weighted by Crippen LogP contribution is -2.20. The molecule has 12 nitrogen and oxygen atoms in total. The first-order valence-electron chi connectivity index (χ1n) is 10.0. The molecule has 3 rings (SSSR count). The second-order valence-corrected chi connectivity index (χ2v) is 8.80. The molecule has 1 atom stereocenters. The molecule has 1 aromatic heterocycles. The van der Waals surface area contributed by atoms with Gasteiger partial charge in [0.15, 0.2) is 6.17 Å². The van der Waals surface area contributed by atoms with Gasteiger partial charge in [-0.3, -0.25) is 9.71 Å². The number of aromatic nitrogens is 4. The van der Waals surface area contributed by atoms with Gasteiger partial charge in [0.1, 0.15) is 17.9 Å². The Hall–Kier alpha value is -4.14. The minimum absolute atomic E-state index is 0.0377. The van der Waals surface area contributed by atoms with Crippen LogP contribution in [0.1, 0.15) is 0 Å². The van der Waals surface area contributed by atoms with Gasteiger partial charge in [-0.2, -0.15) is 0 Å². The van der Waals surface area contributed by atoms with Crippen molar-refractivity contribution in [1.29, 1.82) is 0 Å². The summed E-state index contributed by atoms with van der Waals surface area (Å²) >= 11 is 0. The second-order valence-electron chi connectivity index (χ2n) is 7.05. The Bertz CT molecular complexity index is 1320. The number of hydrogen-bond acceptors (Lipinski definition) is 8. The molecular weight excluding hydrogens is 484 g/mol. The van der Waals surface area contributed by atoms with Crippen molar-refractivity contribution < 1.29 is 21.9 Å². The monoisotopic (exact) mass is 507 g/mol.